The second kappa shape index (κ2) is 11.5. The van der Waals surface area contributed by atoms with Crippen LogP contribution in [-0.2, 0) is 22.4 Å². The fraction of sp³-hybridized carbons (Fsp3) is 0.167. The third-order valence-corrected chi connectivity index (χ3v) is 6.04. The Hall–Kier alpha value is -2.72. The second-order valence-electron chi connectivity index (χ2n) is 6.69. The molecule has 0 amide bonds. The first kappa shape index (κ1) is 23.6. The fourth-order valence-electron chi connectivity index (χ4n) is 2.97. The summed E-state index contributed by atoms with van der Waals surface area (Å²) >= 11 is 1.25. The number of methoxy groups -OCH3 is 1. The zero-order valence-corrected chi connectivity index (χ0v) is 20.0. The summed E-state index contributed by atoms with van der Waals surface area (Å²) < 4.78 is 6.36. The first-order valence-electron chi connectivity index (χ1n) is 9.25. The molecular weight excluding hydrogens is 577 g/mol. The predicted octanol–water partition coefficient (Wildman–Crippen LogP) is 3.12. The maximum Gasteiger partial charge on any atom is 0.321 e. The van der Waals surface area contributed by atoms with Crippen LogP contribution in [0.1, 0.15) is 11.1 Å². The Kier molecular flexibility index (Phi) is 9.00. The Labute approximate surface area is 191 Å². The summed E-state index contributed by atoms with van der Waals surface area (Å²) in [4.78, 5) is 23.4. The Bertz CT molecular complexity index is 900. The van der Waals surface area contributed by atoms with Gasteiger partial charge in [0.2, 0.25) is 0 Å². The van der Waals surface area contributed by atoms with Gasteiger partial charge in [-0.15, -0.1) is 0 Å². The van der Waals surface area contributed by atoms with Gasteiger partial charge in [0.15, 0.2) is 5.41 Å². The van der Waals surface area contributed by atoms with Gasteiger partial charge in [-0.25, -0.2) is 0 Å². The van der Waals surface area contributed by atoms with E-state index in [2.05, 4.69) is 6.07 Å². The predicted molar refractivity (Wildman–Crippen MR) is 116 cm³/mol. The van der Waals surface area contributed by atoms with Crippen LogP contribution in [-0.4, -0.2) is 54.0 Å². The Morgan fingerprint density at radius 2 is 1.17 bits per heavy atom. The second-order valence-corrected chi connectivity index (χ2v) is 8.56. The van der Waals surface area contributed by atoms with E-state index in [9.17, 15) is 19.8 Å². The fourth-order valence-corrected chi connectivity index (χ4v) is 3.95. The van der Waals surface area contributed by atoms with Crippen LogP contribution in [0.4, 0.5) is 0 Å². The maximum atomic E-state index is 11.7. The van der Waals surface area contributed by atoms with Crippen LogP contribution in [0.5, 0.6) is 5.75 Å². The summed E-state index contributed by atoms with van der Waals surface area (Å²) in [5.74, 6) is -1.63. The zero-order valence-electron chi connectivity index (χ0n) is 16.6. The molecule has 0 heterocycles. The molecule has 2 N–H and O–H groups in total. The van der Waals surface area contributed by atoms with E-state index in [-0.39, 0.29) is 12.8 Å². The summed E-state index contributed by atoms with van der Waals surface area (Å²) in [6.07, 6.45) is -0.0964. The molecular formula is C24H23BiO5. The van der Waals surface area contributed by atoms with Crippen molar-refractivity contribution >= 4 is 39.9 Å². The van der Waals surface area contributed by atoms with E-state index in [4.69, 9.17) is 4.74 Å². The van der Waals surface area contributed by atoms with E-state index in [0.29, 0.717) is 11.1 Å². The van der Waals surface area contributed by atoms with Crippen LogP contribution in [0.3, 0.4) is 0 Å². The molecule has 0 spiro atoms. The molecule has 30 heavy (non-hydrogen) atoms. The third-order valence-electron chi connectivity index (χ3n) is 4.60. The molecule has 0 saturated heterocycles. The number of para-hydroxylation sites is 1. The smallest absolute Gasteiger partial charge is 0.321 e. The minimum absolute atomic E-state index is 0.0482. The summed E-state index contributed by atoms with van der Waals surface area (Å²) in [5, 5.41) is 19.1. The molecule has 6 heteroatoms. The van der Waals surface area contributed by atoms with Gasteiger partial charge in [-0.3, -0.25) is 9.59 Å². The van der Waals surface area contributed by atoms with Crippen LogP contribution in [0.25, 0.3) is 0 Å². The molecule has 0 atom stereocenters. The number of carbonyl (C=O) groups is 2. The molecule has 5 nitrogen and oxygen atoms in total. The van der Waals surface area contributed by atoms with Crippen LogP contribution in [0.2, 0.25) is 0 Å². The van der Waals surface area contributed by atoms with Gasteiger partial charge in [0.05, 0.1) is 0 Å². The van der Waals surface area contributed by atoms with Crippen molar-refractivity contribution < 1.29 is 24.5 Å². The van der Waals surface area contributed by atoms with Gasteiger partial charge in [-0.2, -0.15) is 0 Å². The molecule has 0 aliphatic heterocycles. The van der Waals surface area contributed by atoms with Crippen molar-refractivity contribution in [3.63, 3.8) is 0 Å². The normalized spacial score (nSPS) is 10.5. The summed E-state index contributed by atoms with van der Waals surface area (Å²) in [6.45, 7) is 0. The van der Waals surface area contributed by atoms with Crippen molar-refractivity contribution in [3.8, 4) is 5.75 Å². The molecule has 0 aliphatic rings. The zero-order chi connectivity index (χ0) is 22.0. The molecule has 0 saturated carbocycles. The van der Waals surface area contributed by atoms with E-state index in [1.807, 2.05) is 30.3 Å². The minimum Gasteiger partial charge on any atom is -0.480 e. The molecule has 3 rings (SSSR count). The number of aliphatic carboxylic acids is 2. The Morgan fingerprint density at radius 3 is 1.50 bits per heavy atom. The minimum atomic E-state index is -1.86. The number of carboxylic acid groups (broad SMARTS) is 2. The van der Waals surface area contributed by atoms with Crippen LogP contribution in [0.15, 0.2) is 84.9 Å². The monoisotopic (exact) mass is 600 g/mol. The van der Waals surface area contributed by atoms with Gasteiger partial charge in [0.1, 0.15) is 0 Å². The Balaban J connectivity index is 0.000000297. The molecule has 154 valence electrons. The van der Waals surface area contributed by atoms with Crippen molar-refractivity contribution in [2.75, 3.05) is 7.11 Å². The van der Waals surface area contributed by atoms with Gasteiger partial charge in [0.25, 0.3) is 0 Å². The van der Waals surface area contributed by atoms with Crippen molar-refractivity contribution in [2.24, 2.45) is 5.41 Å². The van der Waals surface area contributed by atoms with Crippen LogP contribution in [0, 0.1) is 5.41 Å². The number of hydrogen-bond acceptors (Lipinski definition) is 3. The van der Waals surface area contributed by atoms with Crippen molar-refractivity contribution in [3.05, 3.63) is 96.1 Å². The average Bonchev–Trinajstić information content (AvgIpc) is 2.75. The maximum absolute atomic E-state index is 11.7. The van der Waals surface area contributed by atoms with E-state index in [0.717, 1.165) is 5.75 Å². The molecule has 2 radical (unpaired) electrons. The van der Waals surface area contributed by atoms with Gasteiger partial charge >= 0.3 is 81.8 Å². The Morgan fingerprint density at radius 1 is 0.767 bits per heavy atom. The van der Waals surface area contributed by atoms with Crippen molar-refractivity contribution in [1.29, 1.82) is 0 Å². The van der Waals surface area contributed by atoms with E-state index in [1.54, 1.807) is 55.6 Å². The SMILES string of the molecule is COc1cccc[c]1[Bi].O=C(O)C(Cc1ccccc1)(Cc1ccccc1)C(=O)O. The van der Waals surface area contributed by atoms with E-state index < -0.39 is 17.4 Å². The number of carboxylic acids is 2. The molecule has 3 aromatic carbocycles. The van der Waals surface area contributed by atoms with Crippen molar-refractivity contribution in [2.45, 2.75) is 12.8 Å². The molecule has 0 aliphatic carbocycles. The van der Waals surface area contributed by atoms with E-state index in [1.165, 1.54) is 28.0 Å². The van der Waals surface area contributed by atoms with Gasteiger partial charge in [-0.05, 0) is 24.0 Å². The summed E-state index contributed by atoms with van der Waals surface area (Å²) in [5.41, 5.74) is -0.473. The number of hydrogen-bond donors (Lipinski definition) is 2. The average molecular weight is 600 g/mol. The van der Waals surface area contributed by atoms with Gasteiger partial charge < -0.3 is 10.2 Å². The van der Waals surface area contributed by atoms with Crippen LogP contribution < -0.4 is 8.01 Å². The summed E-state index contributed by atoms with van der Waals surface area (Å²) in [7, 11) is 1.70. The number of ether oxygens (including phenoxy) is 1. The van der Waals surface area contributed by atoms with Crippen molar-refractivity contribution in [1.82, 2.24) is 0 Å². The van der Waals surface area contributed by atoms with Gasteiger partial charge in [-0.1, -0.05) is 60.7 Å². The molecule has 0 unspecified atom stereocenters. The largest absolute Gasteiger partial charge is 0.480 e. The topological polar surface area (TPSA) is 83.8 Å². The molecule has 0 fully saturated rings. The first-order valence-corrected chi connectivity index (χ1v) is 11.0. The molecule has 3 aromatic rings. The summed E-state index contributed by atoms with van der Waals surface area (Å²) in [6, 6.07) is 25.7. The van der Waals surface area contributed by atoms with Crippen LogP contribution >= 0.6 is 0 Å². The standard InChI is InChI=1S/C17H16O4.C7H7O.Bi/c18-15(19)17(16(20)21,11-13-7-3-1-4-8-13)12-14-9-5-2-6-10-14;1-8-7-5-3-2-4-6-7;/h1-10H,11-12H2,(H,18,19)(H,20,21);2-5H,1H3;. The number of rotatable bonds is 7. The first-order chi connectivity index (χ1) is 14.4. The molecule has 0 bridgehead atoms. The van der Waals surface area contributed by atoms with E-state index >= 15 is 0 Å². The van der Waals surface area contributed by atoms with Gasteiger partial charge in [0, 0.05) is 0 Å². The molecule has 0 aromatic heterocycles. The quantitative estimate of drug-likeness (QED) is 0.322. The number of benzene rings is 3. The third kappa shape index (κ3) is 6.40.